The molecule has 1 aromatic carbocycles. The largest absolute Gasteiger partial charge is 0.508 e. The minimum atomic E-state index is -1.79. The first-order valence-corrected chi connectivity index (χ1v) is 11.1. The molecule has 5 atom stereocenters. The molecule has 15 nitrogen and oxygen atoms in total. The van der Waals surface area contributed by atoms with E-state index in [1.165, 1.54) is 24.3 Å². The van der Waals surface area contributed by atoms with Crippen LogP contribution in [-0.2, 0) is 35.2 Å². The van der Waals surface area contributed by atoms with Gasteiger partial charge in [0.15, 0.2) is 6.04 Å². The van der Waals surface area contributed by atoms with Crippen LogP contribution in [-0.4, -0.2) is 86.3 Å². The van der Waals surface area contributed by atoms with Gasteiger partial charge >= 0.3 is 11.9 Å². The smallest absolute Gasteiger partial charge is 0.328 e. The molecule has 0 aliphatic rings. The van der Waals surface area contributed by atoms with Crippen LogP contribution < -0.4 is 27.4 Å². The number of rotatable bonds is 15. The maximum atomic E-state index is 12.9. The lowest BCUT2D eigenvalue weighted by atomic mass is 10.0. The van der Waals surface area contributed by atoms with Crippen molar-refractivity contribution in [2.45, 2.75) is 62.9 Å². The van der Waals surface area contributed by atoms with Gasteiger partial charge in [0.05, 0.1) is 18.6 Å². The second-order valence-corrected chi connectivity index (χ2v) is 8.27. The van der Waals surface area contributed by atoms with Gasteiger partial charge in [-0.25, -0.2) is 4.79 Å². The zero-order valence-electron chi connectivity index (χ0n) is 19.9. The molecule has 0 aromatic heterocycles. The number of nitrogens with one attached hydrogen (secondary N) is 3. The van der Waals surface area contributed by atoms with E-state index in [-0.39, 0.29) is 25.0 Å². The number of carbonyl (C=O) groups is 6. The number of aliphatic hydroxyl groups is 1. The van der Waals surface area contributed by atoms with Crippen LogP contribution in [0, 0.1) is 0 Å². The summed E-state index contributed by atoms with van der Waals surface area (Å²) in [4.78, 5) is 71.7. The number of aliphatic hydroxyl groups excluding tert-OH is 1. The predicted octanol–water partition coefficient (Wildman–Crippen LogP) is -3.08. The first-order chi connectivity index (χ1) is 17.2. The Labute approximate surface area is 211 Å². The van der Waals surface area contributed by atoms with Gasteiger partial charge in [0.2, 0.25) is 23.6 Å². The molecule has 15 heteroatoms. The van der Waals surface area contributed by atoms with Crippen molar-refractivity contribution in [3.63, 3.8) is 0 Å². The number of aromatic hydroxyl groups is 1. The van der Waals surface area contributed by atoms with E-state index >= 15 is 0 Å². The normalized spacial score (nSPS) is 14.8. The van der Waals surface area contributed by atoms with E-state index in [4.69, 9.17) is 21.7 Å². The maximum Gasteiger partial charge on any atom is 0.328 e. The second kappa shape index (κ2) is 14.4. The molecule has 0 radical (unpaired) electrons. The van der Waals surface area contributed by atoms with E-state index in [9.17, 15) is 39.0 Å². The highest BCUT2D eigenvalue weighted by Crippen LogP contribution is 2.11. The molecule has 37 heavy (non-hydrogen) atoms. The van der Waals surface area contributed by atoms with Crippen LogP contribution in [0.5, 0.6) is 5.75 Å². The number of phenolic OH excluding ortho intramolecular Hbond substituents is 1. The summed E-state index contributed by atoms with van der Waals surface area (Å²) >= 11 is 0. The van der Waals surface area contributed by atoms with Crippen LogP contribution >= 0.6 is 0 Å². The zero-order chi connectivity index (χ0) is 28.3. The fraction of sp³-hybridized carbons (Fsp3) is 0.455. The van der Waals surface area contributed by atoms with E-state index in [2.05, 4.69) is 10.6 Å². The second-order valence-electron chi connectivity index (χ2n) is 8.27. The Bertz CT molecular complexity index is 998. The minimum Gasteiger partial charge on any atom is -0.508 e. The number of carboxylic acid groups (broad SMARTS) is 2. The van der Waals surface area contributed by atoms with Crippen molar-refractivity contribution in [2.24, 2.45) is 11.5 Å². The predicted molar refractivity (Wildman–Crippen MR) is 126 cm³/mol. The highest BCUT2D eigenvalue weighted by atomic mass is 16.4. The van der Waals surface area contributed by atoms with Crippen molar-refractivity contribution >= 4 is 35.6 Å². The van der Waals surface area contributed by atoms with Crippen molar-refractivity contribution in [3.8, 4) is 5.75 Å². The summed E-state index contributed by atoms with van der Waals surface area (Å²) in [6.07, 6.45) is -3.15. The summed E-state index contributed by atoms with van der Waals surface area (Å²) in [5.74, 6) is -6.99. The Morgan fingerprint density at radius 2 is 1.43 bits per heavy atom. The first kappa shape index (κ1) is 30.8. The Morgan fingerprint density at radius 3 is 1.92 bits per heavy atom. The van der Waals surface area contributed by atoms with E-state index in [0.29, 0.717) is 5.56 Å². The number of aliphatic carboxylic acids is 2. The van der Waals surface area contributed by atoms with E-state index in [1.807, 2.05) is 5.32 Å². The number of benzene rings is 1. The molecular formula is C22H31N5O10. The third-order valence-corrected chi connectivity index (χ3v) is 5.10. The summed E-state index contributed by atoms with van der Waals surface area (Å²) in [7, 11) is 0. The minimum absolute atomic E-state index is 0.00744. The zero-order valence-corrected chi connectivity index (χ0v) is 19.9. The Hall–Kier alpha value is -4.24. The summed E-state index contributed by atoms with van der Waals surface area (Å²) in [5.41, 5.74) is 11.6. The van der Waals surface area contributed by atoms with Gasteiger partial charge in [-0.2, -0.15) is 0 Å². The molecule has 0 heterocycles. The molecule has 11 N–H and O–H groups in total. The molecule has 1 rings (SSSR count). The molecule has 0 bridgehead atoms. The number of carboxylic acids is 2. The molecule has 0 spiro atoms. The molecule has 0 saturated heterocycles. The Kier molecular flexibility index (Phi) is 11.9. The summed E-state index contributed by atoms with van der Waals surface area (Å²) < 4.78 is 0. The topological polar surface area (TPSA) is 271 Å². The third-order valence-electron chi connectivity index (χ3n) is 5.10. The molecule has 0 saturated carbocycles. The number of primary amides is 1. The van der Waals surface area contributed by atoms with Crippen LogP contribution in [0.3, 0.4) is 0 Å². The lowest BCUT2D eigenvalue weighted by Gasteiger charge is -2.25. The highest BCUT2D eigenvalue weighted by molar-refractivity contribution is 5.96. The van der Waals surface area contributed by atoms with Gasteiger partial charge in [-0.1, -0.05) is 12.1 Å². The standard InChI is InChI=1S/C22H31N5O10/c1-10(28)18(22(36)37)27-21(35)15(9-17(31)32)26-20(34)14(6-7-16(24)30)25-19(33)13(23)8-11-2-4-12(29)5-3-11/h2-5,10,13-15,18,28-29H,6-9,23H2,1H3,(H2,24,30)(H,25,33)(H,26,34)(H,27,35)(H,31,32)(H,36,37). The van der Waals surface area contributed by atoms with Crippen molar-refractivity contribution in [3.05, 3.63) is 29.8 Å². The Morgan fingerprint density at radius 1 is 0.892 bits per heavy atom. The van der Waals surface area contributed by atoms with Gasteiger partial charge in [-0.05, 0) is 37.5 Å². The quantitative estimate of drug-likeness (QED) is 0.111. The summed E-state index contributed by atoms with van der Waals surface area (Å²) in [5, 5.41) is 43.5. The van der Waals surface area contributed by atoms with Crippen LogP contribution in [0.2, 0.25) is 0 Å². The van der Waals surface area contributed by atoms with Crippen molar-refractivity contribution in [1.29, 1.82) is 0 Å². The summed E-state index contributed by atoms with van der Waals surface area (Å²) in [6, 6.07) is -0.338. The van der Waals surface area contributed by atoms with Gasteiger partial charge in [-0.15, -0.1) is 0 Å². The molecular weight excluding hydrogens is 494 g/mol. The molecule has 5 unspecified atom stereocenters. The average molecular weight is 526 g/mol. The van der Waals surface area contributed by atoms with E-state index < -0.39 is 72.3 Å². The number of amides is 4. The number of nitrogens with two attached hydrogens (primary N) is 2. The fourth-order valence-corrected chi connectivity index (χ4v) is 3.11. The number of hydrogen-bond acceptors (Lipinski definition) is 9. The monoisotopic (exact) mass is 525 g/mol. The van der Waals surface area contributed by atoms with Crippen LogP contribution in [0.15, 0.2) is 24.3 Å². The van der Waals surface area contributed by atoms with Crippen LogP contribution in [0.1, 0.15) is 31.7 Å². The highest BCUT2D eigenvalue weighted by Gasteiger charge is 2.33. The van der Waals surface area contributed by atoms with E-state index in [0.717, 1.165) is 6.92 Å². The number of hydrogen-bond donors (Lipinski definition) is 9. The van der Waals surface area contributed by atoms with Crippen molar-refractivity contribution < 1.29 is 49.2 Å². The van der Waals surface area contributed by atoms with Crippen LogP contribution in [0.25, 0.3) is 0 Å². The summed E-state index contributed by atoms with van der Waals surface area (Å²) in [6.45, 7) is 1.08. The van der Waals surface area contributed by atoms with Gasteiger partial charge in [0.25, 0.3) is 0 Å². The number of phenols is 1. The van der Waals surface area contributed by atoms with Crippen molar-refractivity contribution in [1.82, 2.24) is 16.0 Å². The maximum absolute atomic E-state index is 12.9. The van der Waals surface area contributed by atoms with Gasteiger partial charge in [-0.3, -0.25) is 24.0 Å². The first-order valence-electron chi connectivity index (χ1n) is 11.1. The molecule has 0 aliphatic heterocycles. The number of carbonyl (C=O) groups excluding carboxylic acids is 4. The SMILES string of the molecule is CC(O)C(NC(=O)C(CC(=O)O)NC(=O)C(CCC(N)=O)NC(=O)C(N)Cc1ccc(O)cc1)C(=O)O. The fourth-order valence-electron chi connectivity index (χ4n) is 3.11. The molecule has 0 fully saturated rings. The Balaban J connectivity index is 3.01. The lowest BCUT2D eigenvalue weighted by Crippen LogP contribution is -2.58. The van der Waals surface area contributed by atoms with Gasteiger partial charge in [0.1, 0.15) is 17.8 Å². The third kappa shape index (κ3) is 10.9. The average Bonchev–Trinajstić information content (AvgIpc) is 2.79. The molecule has 4 amide bonds. The lowest BCUT2D eigenvalue weighted by molar-refractivity contribution is -0.146. The van der Waals surface area contributed by atoms with Gasteiger partial charge in [0, 0.05) is 6.42 Å². The van der Waals surface area contributed by atoms with Gasteiger partial charge < -0.3 is 47.8 Å². The molecule has 0 aliphatic carbocycles. The van der Waals surface area contributed by atoms with E-state index in [1.54, 1.807) is 0 Å². The molecule has 1 aromatic rings. The van der Waals surface area contributed by atoms with Crippen LogP contribution in [0.4, 0.5) is 0 Å². The molecule has 204 valence electrons. The van der Waals surface area contributed by atoms with Crippen molar-refractivity contribution in [2.75, 3.05) is 0 Å².